The first kappa shape index (κ1) is 22.3. The van der Waals surface area contributed by atoms with Crippen LogP contribution in [0.15, 0.2) is 88.6 Å². The van der Waals surface area contributed by atoms with E-state index in [9.17, 15) is 9.59 Å². The highest BCUT2D eigenvalue weighted by Crippen LogP contribution is 2.47. The minimum absolute atomic E-state index is 0.184. The van der Waals surface area contributed by atoms with Gasteiger partial charge in [0.2, 0.25) is 11.6 Å². The van der Waals surface area contributed by atoms with E-state index in [1.165, 1.54) is 11.3 Å². The fourth-order valence-corrected chi connectivity index (χ4v) is 6.04. The summed E-state index contributed by atoms with van der Waals surface area (Å²) >= 11 is 1.30. The zero-order valence-corrected chi connectivity index (χ0v) is 20.5. The third-order valence-corrected chi connectivity index (χ3v) is 7.60. The number of ether oxygens (including phenoxy) is 2. The largest absolute Gasteiger partial charge is 0.497 e. The number of carbonyl (C=O) groups is 1. The maximum atomic E-state index is 13.8. The van der Waals surface area contributed by atoms with Crippen LogP contribution in [0.4, 0.5) is 5.69 Å². The molecule has 0 aliphatic carbocycles. The molecule has 180 valence electrons. The van der Waals surface area contributed by atoms with Gasteiger partial charge in [0.05, 0.1) is 17.7 Å². The van der Waals surface area contributed by atoms with Gasteiger partial charge in [-0.3, -0.25) is 14.2 Å². The third kappa shape index (κ3) is 3.61. The van der Waals surface area contributed by atoms with Crippen LogP contribution in [0.2, 0.25) is 0 Å². The molecule has 0 saturated carbocycles. The Morgan fingerprint density at radius 1 is 1.08 bits per heavy atom. The summed E-state index contributed by atoms with van der Waals surface area (Å²) in [6.07, 6.45) is 1.84. The van der Waals surface area contributed by atoms with E-state index in [1.807, 2.05) is 91.9 Å². The van der Waals surface area contributed by atoms with Crippen LogP contribution in [-0.4, -0.2) is 23.3 Å². The van der Waals surface area contributed by atoms with Crippen LogP contribution < -0.4 is 29.7 Å². The number of carbonyl (C=O) groups excluding carboxylic acids is 1. The number of nitrogens with one attached hydrogen (secondary N) is 1. The van der Waals surface area contributed by atoms with E-state index in [1.54, 1.807) is 11.7 Å². The fraction of sp³-hybridized carbons (Fsp3) is 0.179. The van der Waals surface area contributed by atoms with Crippen LogP contribution in [-0.2, 0) is 4.79 Å². The van der Waals surface area contributed by atoms with Crippen molar-refractivity contribution in [2.75, 3.05) is 12.4 Å². The quantitative estimate of drug-likeness (QED) is 0.469. The second kappa shape index (κ2) is 8.49. The molecule has 2 aliphatic rings. The van der Waals surface area contributed by atoms with Gasteiger partial charge in [0, 0.05) is 11.3 Å². The van der Waals surface area contributed by atoms with Gasteiger partial charge >= 0.3 is 0 Å². The van der Waals surface area contributed by atoms with Crippen LogP contribution in [0.5, 0.6) is 11.5 Å². The number of amides is 1. The number of anilines is 1. The molecule has 3 aromatic carbocycles. The summed E-state index contributed by atoms with van der Waals surface area (Å²) in [6, 6.07) is 23.7. The molecule has 0 fully saturated rings. The molecule has 8 heteroatoms. The highest BCUT2D eigenvalue weighted by molar-refractivity contribution is 7.07. The van der Waals surface area contributed by atoms with Crippen molar-refractivity contribution in [2.45, 2.75) is 18.7 Å². The number of benzene rings is 3. The number of hydrogen-bond donors (Lipinski definition) is 1. The smallest absolute Gasteiger partial charge is 0.270 e. The van der Waals surface area contributed by atoms with Crippen molar-refractivity contribution in [1.29, 1.82) is 0 Å². The molecular formula is C28H23N3O4S. The van der Waals surface area contributed by atoms with E-state index in [2.05, 4.69) is 5.32 Å². The lowest BCUT2D eigenvalue weighted by Gasteiger charge is -2.45. The molecule has 1 amide bonds. The normalized spacial score (nSPS) is 22.0. The summed E-state index contributed by atoms with van der Waals surface area (Å²) in [6.45, 7) is 1.81. The van der Waals surface area contributed by atoms with E-state index in [-0.39, 0.29) is 11.5 Å². The van der Waals surface area contributed by atoms with E-state index in [0.29, 0.717) is 20.8 Å². The number of nitrogens with zero attached hydrogens (tertiary/aromatic N) is 2. The van der Waals surface area contributed by atoms with Crippen LogP contribution in [0, 0.1) is 5.92 Å². The van der Waals surface area contributed by atoms with Gasteiger partial charge in [0.1, 0.15) is 17.4 Å². The zero-order chi connectivity index (χ0) is 24.9. The molecule has 4 aromatic rings. The topological polar surface area (TPSA) is 81.9 Å². The SMILES string of the molecule is COc1ccc(/C=c2\sc3n(c2=O)C2c4ccccc4OC(C)(N=3)C2C(=O)Nc2ccccc2)cc1. The van der Waals surface area contributed by atoms with E-state index >= 15 is 0 Å². The molecule has 6 rings (SSSR count). The van der Waals surface area contributed by atoms with Gasteiger partial charge in [-0.15, -0.1) is 0 Å². The summed E-state index contributed by atoms with van der Waals surface area (Å²) in [5.74, 6) is 0.367. The minimum Gasteiger partial charge on any atom is -0.497 e. The maximum absolute atomic E-state index is 13.8. The first-order chi connectivity index (χ1) is 17.5. The number of hydrogen-bond acceptors (Lipinski definition) is 6. The molecule has 0 spiro atoms. The molecule has 0 saturated heterocycles. The highest BCUT2D eigenvalue weighted by Gasteiger charge is 2.55. The van der Waals surface area contributed by atoms with Crippen molar-refractivity contribution in [3.05, 3.63) is 110 Å². The Morgan fingerprint density at radius 2 is 1.81 bits per heavy atom. The number of thiazole rings is 1. The molecule has 2 bridgehead atoms. The predicted octanol–water partition coefficient (Wildman–Crippen LogP) is 3.33. The number of fused-ring (bicyclic) bond motifs is 6. The van der Waals surface area contributed by atoms with Crippen molar-refractivity contribution in [2.24, 2.45) is 10.9 Å². The van der Waals surface area contributed by atoms with Crippen molar-refractivity contribution in [1.82, 2.24) is 4.57 Å². The van der Waals surface area contributed by atoms with Crippen LogP contribution in [0.25, 0.3) is 6.08 Å². The van der Waals surface area contributed by atoms with Crippen molar-refractivity contribution >= 4 is 29.0 Å². The average Bonchev–Trinajstić information content (AvgIpc) is 3.17. The number of rotatable bonds is 4. The van der Waals surface area contributed by atoms with Gasteiger partial charge < -0.3 is 14.8 Å². The zero-order valence-electron chi connectivity index (χ0n) is 19.7. The van der Waals surface area contributed by atoms with Gasteiger partial charge in [-0.05, 0) is 48.9 Å². The highest BCUT2D eigenvalue weighted by atomic mass is 32.1. The Balaban J connectivity index is 1.52. The molecule has 7 nitrogen and oxygen atoms in total. The Morgan fingerprint density at radius 3 is 2.56 bits per heavy atom. The van der Waals surface area contributed by atoms with Crippen molar-refractivity contribution in [3.63, 3.8) is 0 Å². The molecular weight excluding hydrogens is 474 g/mol. The van der Waals surface area contributed by atoms with Gasteiger partial charge in [-0.25, -0.2) is 4.99 Å². The number of methoxy groups -OCH3 is 1. The van der Waals surface area contributed by atoms with Crippen LogP contribution in [0.3, 0.4) is 0 Å². The molecule has 3 unspecified atom stereocenters. The van der Waals surface area contributed by atoms with Gasteiger partial charge in [0.15, 0.2) is 4.80 Å². The van der Waals surface area contributed by atoms with Crippen LogP contribution >= 0.6 is 11.3 Å². The minimum atomic E-state index is -1.17. The van der Waals surface area contributed by atoms with E-state index in [0.717, 1.165) is 16.9 Å². The summed E-state index contributed by atoms with van der Waals surface area (Å²) < 4.78 is 13.8. The van der Waals surface area contributed by atoms with Gasteiger partial charge in [-0.2, -0.15) is 0 Å². The van der Waals surface area contributed by atoms with E-state index in [4.69, 9.17) is 14.5 Å². The molecule has 3 heterocycles. The molecule has 36 heavy (non-hydrogen) atoms. The Bertz CT molecular complexity index is 1640. The standard InChI is InChI=1S/C28H23N3O4S/c1-28-23(25(32)29-18-8-4-3-5-9-18)24(20-10-6-7-11-21(20)35-28)31-26(33)22(36-27(31)30-28)16-17-12-14-19(34-2)15-13-17/h3-16,23-24H,1-2H3,(H,29,32)/b22-16-. The lowest BCUT2D eigenvalue weighted by Crippen LogP contribution is -2.59. The second-order valence-corrected chi connectivity index (χ2v) is 9.93. The van der Waals surface area contributed by atoms with Crippen molar-refractivity contribution < 1.29 is 14.3 Å². The second-order valence-electron chi connectivity index (χ2n) is 8.93. The van der Waals surface area contributed by atoms with Gasteiger partial charge in [0.25, 0.3) is 5.56 Å². The molecule has 2 aliphatic heterocycles. The lowest BCUT2D eigenvalue weighted by atomic mass is 9.80. The lowest BCUT2D eigenvalue weighted by molar-refractivity contribution is -0.131. The average molecular weight is 498 g/mol. The summed E-state index contributed by atoms with van der Waals surface area (Å²) in [4.78, 5) is 32.8. The first-order valence-corrected chi connectivity index (χ1v) is 12.4. The molecule has 0 radical (unpaired) electrons. The van der Waals surface area contributed by atoms with Crippen molar-refractivity contribution in [3.8, 4) is 11.5 Å². The number of aromatic nitrogens is 1. The molecule has 1 aromatic heterocycles. The summed E-state index contributed by atoms with van der Waals surface area (Å²) in [7, 11) is 1.61. The first-order valence-electron chi connectivity index (χ1n) is 11.6. The molecule has 1 N–H and O–H groups in total. The van der Waals surface area contributed by atoms with Crippen LogP contribution in [0.1, 0.15) is 24.1 Å². The maximum Gasteiger partial charge on any atom is 0.270 e. The fourth-order valence-electron chi connectivity index (χ4n) is 4.94. The predicted molar refractivity (Wildman–Crippen MR) is 138 cm³/mol. The monoisotopic (exact) mass is 497 g/mol. The van der Waals surface area contributed by atoms with Gasteiger partial charge in [-0.1, -0.05) is 59.9 Å². The Kier molecular flexibility index (Phi) is 5.26. The van der Waals surface area contributed by atoms with E-state index < -0.39 is 17.7 Å². The molecule has 3 atom stereocenters. The Labute approximate surface area is 211 Å². The summed E-state index contributed by atoms with van der Waals surface area (Å²) in [5.41, 5.74) is 0.976. The Hall–Kier alpha value is -4.17. The summed E-state index contributed by atoms with van der Waals surface area (Å²) in [5, 5.41) is 2.99. The number of para-hydroxylation sites is 2. The third-order valence-electron chi connectivity index (χ3n) is 6.62.